The van der Waals surface area contributed by atoms with Gasteiger partial charge in [-0.25, -0.2) is 9.59 Å². The highest BCUT2D eigenvalue weighted by Gasteiger charge is 2.39. The summed E-state index contributed by atoms with van der Waals surface area (Å²) in [5, 5.41) is 2.44. The predicted molar refractivity (Wildman–Crippen MR) is 72.7 cm³/mol. The monoisotopic (exact) mass is 285 g/mol. The first kappa shape index (κ1) is 16.3. The molecule has 20 heavy (non-hydrogen) atoms. The molecule has 114 valence electrons. The average Bonchev–Trinajstić information content (AvgIpc) is 2.84. The SMILES string of the molecule is CCOC(=O)C1CCCN1C(=O)C(NC(N)=O)C(C)C. The van der Waals surface area contributed by atoms with Crippen molar-refractivity contribution in [3.05, 3.63) is 0 Å². The second-order valence-electron chi connectivity index (χ2n) is 5.17. The van der Waals surface area contributed by atoms with Crippen LogP contribution in [0.25, 0.3) is 0 Å². The fourth-order valence-corrected chi connectivity index (χ4v) is 2.36. The van der Waals surface area contributed by atoms with E-state index in [1.807, 2.05) is 13.8 Å². The second-order valence-corrected chi connectivity index (χ2v) is 5.17. The smallest absolute Gasteiger partial charge is 0.328 e. The highest BCUT2D eigenvalue weighted by molar-refractivity contribution is 5.90. The molecule has 0 spiro atoms. The molecule has 0 aromatic heterocycles. The van der Waals surface area contributed by atoms with Crippen LogP contribution in [0.5, 0.6) is 0 Å². The predicted octanol–water partition coefficient (Wildman–Crippen LogP) is 0.233. The molecule has 0 aromatic carbocycles. The van der Waals surface area contributed by atoms with Gasteiger partial charge in [-0.05, 0) is 25.7 Å². The lowest BCUT2D eigenvalue weighted by molar-refractivity contribution is -0.153. The van der Waals surface area contributed by atoms with E-state index in [2.05, 4.69) is 5.32 Å². The van der Waals surface area contributed by atoms with Gasteiger partial charge in [0.15, 0.2) is 0 Å². The van der Waals surface area contributed by atoms with Gasteiger partial charge in [-0.2, -0.15) is 0 Å². The molecule has 3 amide bonds. The molecule has 2 unspecified atom stereocenters. The normalized spacial score (nSPS) is 19.8. The number of carbonyl (C=O) groups is 3. The first-order valence-corrected chi connectivity index (χ1v) is 6.91. The summed E-state index contributed by atoms with van der Waals surface area (Å²) in [4.78, 5) is 36.8. The highest BCUT2D eigenvalue weighted by Crippen LogP contribution is 2.21. The molecule has 1 rings (SSSR count). The summed E-state index contributed by atoms with van der Waals surface area (Å²) >= 11 is 0. The number of rotatable bonds is 5. The van der Waals surface area contributed by atoms with Gasteiger partial charge in [0, 0.05) is 6.54 Å². The molecule has 3 N–H and O–H groups in total. The first-order valence-electron chi connectivity index (χ1n) is 6.91. The fourth-order valence-electron chi connectivity index (χ4n) is 2.36. The Bertz CT molecular complexity index is 384. The summed E-state index contributed by atoms with van der Waals surface area (Å²) in [5.74, 6) is -0.785. The molecule has 1 aliphatic heterocycles. The van der Waals surface area contributed by atoms with Crippen LogP contribution in [-0.2, 0) is 14.3 Å². The quantitative estimate of drug-likeness (QED) is 0.706. The number of likely N-dealkylation sites (tertiary alicyclic amines) is 1. The molecular formula is C13H23N3O4. The third-order valence-corrected chi connectivity index (χ3v) is 3.33. The molecule has 1 fully saturated rings. The Morgan fingerprint density at radius 1 is 1.40 bits per heavy atom. The van der Waals surface area contributed by atoms with Crippen LogP contribution in [0, 0.1) is 5.92 Å². The van der Waals surface area contributed by atoms with Crippen molar-refractivity contribution in [3.63, 3.8) is 0 Å². The molecule has 1 heterocycles. The van der Waals surface area contributed by atoms with Crippen LogP contribution in [0.2, 0.25) is 0 Å². The number of esters is 1. The molecule has 0 radical (unpaired) electrons. The number of carbonyl (C=O) groups excluding carboxylic acids is 3. The summed E-state index contributed by atoms with van der Waals surface area (Å²) in [6.07, 6.45) is 1.34. The minimum Gasteiger partial charge on any atom is -0.464 e. The maximum atomic E-state index is 12.5. The maximum absolute atomic E-state index is 12.5. The Kier molecular flexibility index (Phi) is 5.79. The van der Waals surface area contributed by atoms with E-state index in [0.717, 1.165) is 6.42 Å². The Labute approximate surface area is 118 Å². The number of hydrogen-bond acceptors (Lipinski definition) is 4. The molecule has 0 aliphatic carbocycles. The Morgan fingerprint density at radius 2 is 2.05 bits per heavy atom. The summed E-state index contributed by atoms with van der Waals surface area (Å²) < 4.78 is 4.98. The lowest BCUT2D eigenvalue weighted by Gasteiger charge is -2.29. The van der Waals surface area contributed by atoms with E-state index in [1.165, 1.54) is 4.90 Å². The van der Waals surface area contributed by atoms with Crippen LogP contribution in [0.1, 0.15) is 33.6 Å². The van der Waals surface area contributed by atoms with Gasteiger partial charge in [-0.1, -0.05) is 13.8 Å². The van der Waals surface area contributed by atoms with Crippen molar-refractivity contribution < 1.29 is 19.1 Å². The fraction of sp³-hybridized carbons (Fsp3) is 0.769. The molecule has 1 aliphatic rings. The van der Waals surface area contributed by atoms with E-state index in [0.29, 0.717) is 13.0 Å². The molecule has 0 saturated carbocycles. The number of nitrogens with two attached hydrogens (primary N) is 1. The van der Waals surface area contributed by atoms with Crippen LogP contribution in [0.3, 0.4) is 0 Å². The lowest BCUT2D eigenvalue weighted by Crippen LogP contribution is -2.55. The minimum absolute atomic E-state index is 0.113. The first-order chi connectivity index (χ1) is 9.38. The van der Waals surface area contributed by atoms with Gasteiger partial charge in [-0.15, -0.1) is 0 Å². The molecule has 2 atom stereocenters. The number of urea groups is 1. The second kappa shape index (κ2) is 7.12. The van der Waals surface area contributed by atoms with E-state index in [-0.39, 0.29) is 24.4 Å². The number of primary amides is 1. The van der Waals surface area contributed by atoms with E-state index < -0.39 is 18.1 Å². The van der Waals surface area contributed by atoms with E-state index in [9.17, 15) is 14.4 Å². The average molecular weight is 285 g/mol. The van der Waals surface area contributed by atoms with E-state index in [1.54, 1.807) is 6.92 Å². The summed E-state index contributed by atoms with van der Waals surface area (Å²) in [7, 11) is 0. The van der Waals surface area contributed by atoms with Crippen LogP contribution >= 0.6 is 0 Å². The third-order valence-electron chi connectivity index (χ3n) is 3.33. The van der Waals surface area contributed by atoms with Crippen molar-refractivity contribution in [1.82, 2.24) is 10.2 Å². The van der Waals surface area contributed by atoms with Crippen molar-refractivity contribution >= 4 is 17.9 Å². The van der Waals surface area contributed by atoms with Gasteiger partial charge in [-0.3, -0.25) is 4.79 Å². The van der Waals surface area contributed by atoms with Crippen LogP contribution < -0.4 is 11.1 Å². The number of hydrogen-bond donors (Lipinski definition) is 2. The van der Waals surface area contributed by atoms with Crippen molar-refractivity contribution in [2.45, 2.75) is 45.7 Å². The topological polar surface area (TPSA) is 102 Å². The lowest BCUT2D eigenvalue weighted by atomic mass is 10.0. The minimum atomic E-state index is -0.746. The van der Waals surface area contributed by atoms with Crippen molar-refractivity contribution in [2.75, 3.05) is 13.2 Å². The van der Waals surface area contributed by atoms with Crippen molar-refractivity contribution in [3.8, 4) is 0 Å². The molecule has 7 heteroatoms. The number of nitrogens with one attached hydrogen (secondary N) is 1. The van der Waals surface area contributed by atoms with Crippen LogP contribution in [0.4, 0.5) is 4.79 Å². The molecule has 0 aromatic rings. The van der Waals surface area contributed by atoms with Gasteiger partial charge < -0.3 is 20.7 Å². The molecular weight excluding hydrogens is 262 g/mol. The molecule has 7 nitrogen and oxygen atoms in total. The van der Waals surface area contributed by atoms with Gasteiger partial charge in [0.2, 0.25) is 5.91 Å². The number of amides is 3. The summed E-state index contributed by atoms with van der Waals surface area (Å²) in [6.45, 7) is 6.13. The molecule has 0 bridgehead atoms. The van der Waals surface area contributed by atoms with Gasteiger partial charge in [0.25, 0.3) is 0 Å². The standard InChI is InChI=1S/C13H23N3O4/c1-4-20-12(18)9-6-5-7-16(9)11(17)10(8(2)3)15-13(14)19/h8-10H,4-7H2,1-3H3,(H3,14,15,19). The zero-order chi connectivity index (χ0) is 15.3. The van der Waals surface area contributed by atoms with E-state index in [4.69, 9.17) is 10.5 Å². The van der Waals surface area contributed by atoms with Gasteiger partial charge in [0.1, 0.15) is 12.1 Å². The summed E-state index contributed by atoms with van der Waals surface area (Å²) in [6, 6.07) is -2.02. The van der Waals surface area contributed by atoms with Crippen molar-refractivity contribution in [2.24, 2.45) is 11.7 Å². The summed E-state index contributed by atoms with van der Waals surface area (Å²) in [5.41, 5.74) is 5.10. The molecule has 1 saturated heterocycles. The zero-order valence-electron chi connectivity index (χ0n) is 12.2. The maximum Gasteiger partial charge on any atom is 0.328 e. The third kappa shape index (κ3) is 3.85. The zero-order valence-corrected chi connectivity index (χ0v) is 12.2. The number of ether oxygens (including phenoxy) is 1. The number of nitrogens with zero attached hydrogens (tertiary/aromatic N) is 1. The largest absolute Gasteiger partial charge is 0.464 e. The van der Waals surface area contributed by atoms with E-state index >= 15 is 0 Å². The Hall–Kier alpha value is -1.79. The highest BCUT2D eigenvalue weighted by atomic mass is 16.5. The van der Waals surface area contributed by atoms with Crippen LogP contribution in [0.15, 0.2) is 0 Å². The van der Waals surface area contributed by atoms with Gasteiger partial charge in [0.05, 0.1) is 6.61 Å². The van der Waals surface area contributed by atoms with Gasteiger partial charge >= 0.3 is 12.0 Å². The Morgan fingerprint density at radius 3 is 2.55 bits per heavy atom. The van der Waals surface area contributed by atoms with Crippen molar-refractivity contribution in [1.29, 1.82) is 0 Å². The Balaban J connectivity index is 2.81. The van der Waals surface area contributed by atoms with Crippen LogP contribution in [-0.4, -0.2) is 48.0 Å².